The molecule has 0 bridgehead atoms. The van der Waals surface area contributed by atoms with Crippen molar-refractivity contribution in [3.05, 3.63) is 34.9 Å². The van der Waals surface area contributed by atoms with Gasteiger partial charge < -0.3 is 0 Å². The lowest BCUT2D eigenvalue weighted by atomic mass is 9.98. The zero-order valence-corrected chi connectivity index (χ0v) is 10.5. The summed E-state index contributed by atoms with van der Waals surface area (Å²) in [5.41, 5.74) is 6.83. The minimum Gasteiger partial charge on any atom is -0.271 e. The highest BCUT2D eigenvalue weighted by atomic mass is 32.2. The predicted octanol–water partition coefficient (Wildman–Crippen LogP) is 2.56. The molecule has 1 unspecified atom stereocenters. The fourth-order valence-electron chi connectivity index (χ4n) is 1.70. The lowest BCUT2D eigenvalue weighted by molar-refractivity contribution is 0.540. The van der Waals surface area contributed by atoms with Crippen LogP contribution < -0.4 is 11.3 Å². The van der Waals surface area contributed by atoms with E-state index in [-0.39, 0.29) is 6.04 Å². The summed E-state index contributed by atoms with van der Waals surface area (Å²) in [6.45, 7) is 4.25. The van der Waals surface area contributed by atoms with Crippen molar-refractivity contribution in [2.45, 2.75) is 26.3 Å². The van der Waals surface area contributed by atoms with Crippen molar-refractivity contribution in [3.63, 3.8) is 0 Å². The van der Waals surface area contributed by atoms with Gasteiger partial charge in [-0.1, -0.05) is 23.8 Å². The molecular weight excluding hydrogens is 204 g/mol. The molecule has 0 aliphatic carbocycles. The van der Waals surface area contributed by atoms with Crippen LogP contribution in [0.25, 0.3) is 0 Å². The Morgan fingerprint density at radius 3 is 2.73 bits per heavy atom. The van der Waals surface area contributed by atoms with Crippen LogP contribution in [0, 0.1) is 13.8 Å². The molecule has 0 spiro atoms. The molecule has 3 heteroatoms. The van der Waals surface area contributed by atoms with Gasteiger partial charge in [0.15, 0.2) is 0 Å². The topological polar surface area (TPSA) is 38.0 Å². The summed E-state index contributed by atoms with van der Waals surface area (Å²) in [6.07, 6.45) is 3.19. The number of rotatable bonds is 5. The van der Waals surface area contributed by atoms with E-state index in [1.807, 2.05) is 11.8 Å². The van der Waals surface area contributed by atoms with Gasteiger partial charge in [-0.05, 0) is 43.4 Å². The molecule has 0 aliphatic heterocycles. The van der Waals surface area contributed by atoms with Gasteiger partial charge in [0.1, 0.15) is 0 Å². The normalized spacial score (nSPS) is 12.8. The fourth-order valence-corrected chi connectivity index (χ4v) is 2.17. The van der Waals surface area contributed by atoms with Crippen LogP contribution in [-0.4, -0.2) is 12.0 Å². The quantitative estimate of drug-likeness (QED) is 0.596. The van der Waals surface area contributed by atoms with E-state index >= 15 is 0 Å². The molecule has 0 amide bonds. The first kappa shape index (κ1) is 12.6. The van der Waals surface area contributed by atoms with E-state index < -0.39 is 0 Å². The second-order valence-corrected chi connectivity index (χ2v) is 4.85. The maximum absolute atomic E-state index is 5.61. The van der Waals surface area contributed by atoms with Crippen LogP contribution in [0.1, 0.15) is 29.2 Å². The smallest absolute Gasteiger partial charge is 0.0470 e. The van der Waals surface area contributed by atoms with Crippen LogP contribution >= 0.6 is 11.8 Å². The molecule has 0 saturated carbocycles. The fraction of sp³-hybridized carbons (Fsp3) is 0.500. The van der Waals surface area contributed by atoms with Gasteiger partial charge in [-0.15, -0.1) is 0 Å². The highest BCUT2D eigenvalue weighted by molar-refractivity contribution is 7.98. The number of hydrogen-bond acceptors (Lipinski definition) is 3. The Labute approximate surface area is 96.6 Å². The first-order valence-electron chi connectivity index (χ1n) is 5.21. The molecule has 1 aromatic rings. The molecule has 0 heterocycles. The molecule has 1 atom stereocenters. The standard InChI is InChI=1S/C12H20N2S/c1-9-4-5-10(2)11(8-9)12(14-13)6-7-15-3/h4-5,8,12,14H,6-7,13H2,1-3H3. The maximum Gasteiger partial charge on any atom is 0.0470 e. The summed E-state index contributed by atoms with van der Waals surface area (Å²) >= 11 is 1.85. The third-order valence-corrected chi connectivity index (χ3v) is 3.27. The largest absolute Gasteiger partial charge is 0.271 e. The van der Waals surface area contributed by atoms with E-state index in [1.54, 1.807) is 0 Å². The lowest BCUT2D eigenvalue weighted by Gasteiger charge is -2.18. The molecule has 1 rings (SSSR count). The molecule has 84 valence electrons. The van der Waals surface area contributed by atoms with E-state index in [2.05, 4.69) is 43.7 Å². The number of hydrogen-bond donors (Lipinski definition) is 2. The van der Waals surface area contributed by atoms with E-state index in [0.717, 1.165) is 12.2 Å². The number of thioether (sulfide) groups is 1. The van der Waals surface area contributed by atoms with Crippen molar-refractivity contribution < 1.29 is 0 Å². The van der Waals surface area contributed by atoms with Crippen LogP contribution in [0.3, 0.4) is 0 Å². The molecular formula is C12H20N2S. The van der Waals surface area contributed by atoms with E-state index in [0.29, 0.717) is 0 Å². The van der Waals surface area contributed by atoms with E-state index in [9.17, 15) is 0 Å². The van der Waals surface area contributed by atoms with Crippen LogP contribution in [0.2, 0.25) is 0 Å². The minimum atomic E-state index is 0.275. The molecule has 0 saturated heterocycles. The van der Waals surface area contributed by atoms with Crippen LogP contribution in [0.4, 0.5) is 0 Å². The van der Waals surface area contributed by atoms with Gasteiger partial charge in [0.25, 0.3) is 0 Å². The Bertz CT molecular complexity index is 312. The zero-order chi connectivity index (χ0) is 11.3. The van der Waals surface area contributed by atoms with Gasteiger partial charge in [-0.25, -0.2) is 0 Å². The molecule has 15 heavy (non-hydrogen) atoms. The number of hydrazine groups is 1. The van der Waals surface area contributed by atoms with E-state index in [4.69, 9.17) is 5.84 Å². The monoisotopic (exact) mass is 224 g/mol. The van der Waals surface area contributed by atoms with Crippen molar-refractivity contribution in [1.82, 2.24) is 5.43 Å². The van der Waals surface area contributed by atoms with Crippen LogP contribution in [-0.2, 0) is 0 Å². The molecule has 3 N–H and O–H groups in total. The summed E-state index contributed by atoms with van der Waals surface area (Å²) in [7, 11) is 0. The van der Waals surface area contributed by atoms with Gasteiger partial charge in [0.2, 0.25) is 0 Å². The number of aryl methyl sites for hydroxylation is 2. The Morgan fingerprint density at radius 1 is 1.40 bits per heavy atom. The molecule has 2 nitrogen and oxygen atoms in total. The predicted molar refractivity (Wildman–Crippen MR) is 69.0 cm³/mol. The van der Waals surface area contributed by atoms with Crippen molar-refractivity contribution in [2.24, 2.45) is 5.84 Å². The van der Waals surface area contributed by atoms with Crippen molar-refractivity contribution >= 4 is 11.8 Å². The van der Waals surface area contributed by atoms with Crippen molar-refractivity contribution in [1.29, 1.82) is 0 Å². The molecule has 0 radical (unpaired) electrons. The summed E-state index contributed by atoms with van der Waals surface area (Å²) in [5, 5.41) is 0. The Hall–Kier alpha value is -0.510. The second-order valence-electron chi connectivity index (χ2n) is 3.86. The number of benzene rings is 1. The average molecular weight is 224 g/mol. The van der Waals surface area contributed by atoms with Gasteiger partial charge in [-0.2, -0.15) is 11.8 Å². The van der Waals surface area contributed by atoms with Crippen molar-refractivity contribution in [2.75, 3.05) is 12.0 Å². The number of nitrogens with two attached hydrogens (primary N) is 1. The SMILES string of the molecule is CSCCC(NN)c1cc(C)ccc1C. The molecule has 0 aliphatic rings. The molecule has 0 fully saturated rings. The Morgan fingerprint density at radius 2 is 2.13 bits per heavy atom. The highest BCUT2D eigenvalue weighted by Gasteiger charge is 2.11. The average Bonchev–Trinajstić information content (AvgIpc) is 2.24. The van der Waals surface area contributed by atoms with Crippen LogP contribution in [0.5, 0.6) is 0 Å². The van der Waals surface area contributed by atoms with E-state index in [1.165, 1.54) is 16.7 Å². The Balaban J connectivity index is 2.85. The molecule has 1 aromatic carbocycles. The van der Waals surface area contributed by atoms with Crippen molar-refractivity contribution in [3.8, 4) is 0 Å². The van der Waals surface area contributed by atoms with Crippen LogP contribution in [0.15, 0.2) is 18.2 Å². The Kier molecular flexibility index (Phi) is 5.15. The van der Waals surface area contributed by atoms with Gasteiger partial charge in [0, 0.05) is 6.04 Å². The lowest BCUT2D eigenvalue weighted by Crippen LogP contribution is -2.29. The molecule has 0 aromatic heterocycles. The first-order valence-corrected chi connectivity index (χ1v) is 6.60. The van der Waals surface area contributed by atoms with Gasteiger partial charge >= 0.3 is 0 Å². The summed E-state index contributed by atoms with van der Waals surface area (Å²) in [4.78, 5) is 0. The second kappa shape index (κ2) is 6.16. The summed E-state index contributed by atoms with van der Waals surface area (Å²) in [6, 6.07) is 6.80. The minimum absolute atomic E-state index is 0.275. The van der Waals surface area contributed by atoms with Gasteiger partial charge in [0.05, 0.1) is 0 Å². The number of nitrogens with one attached hydrogen (secondary N) is 1. The summed E-state index contributed by atoms with van der Waals surface area (Å²) < 4.78 is 0. The summed E-state index contributed by atoms with van der Waals surface area (Å²) in [5.74, 6) is 6.73. The third kappa shape index (κ3) is 3.52. The third-order valence-electron chi connectivity index (χ3n) is 2.62. The van der Waals surface area contributed by atoms with Gasteiger partial charge in [-0.3, -0.25) is 11.3 Å². The zero-order valence-electron chi connectivity index (χ0n) is 9.71. The first-order chi connectivity index (χ1) is 7.19. The maximum atomic E-state index is 5.61. The highest BCUT2D eigenvalue weighted by Crippen LogP contribution is 2.22.